The fourth-order valence-electron chi connectivity index (χ4n) is 13.3. The van der Waals surface area contributed by atoms with Crippen LogP contribution in [0.3, 0.4) is 0 Å². The highest BCUT2D eigenvalue weighted by atomic mass is 79.9. The Morgan fingerprint density at radius 3 is 1.68 bits per heavy atom. The summed E-state index contributed by atoms with van der Waals surface area (Å²) in [5.41, 5.74) is 9.01. The second-order valence-corrected chi connectivity index (χ2v) is 26.6. The second-order valence-electron chi connectivity index (χ2n) is 23.9. The molecule has 0 spiro atoms. The van der Waals surface area contributed by atoms with Crippen LogP contribution < -0.4 is 10.6 Å². The molecule has 8 heterocycles. The van der Waals surface area contributed by atoms with E-state index >= 15 is 0 Å². The van der Waals surface area contributed by atoms with Crippen molar-refractivity contribution >= 4 is 72.9 Å². The standard InChI is InChI=1S/C33H41BrClN7O2.C28H32BrClN6O/c1-33(2,3)38-32(44)42-14-13-40(20-28(42)31(43)41-11-4-5-22(19-41)18-39-12-10-36-21-39)30-27-9-8-26(35)16-23(27)6-7-24-15-25(34)17-37-29(24)30;29-22-12-21-4-3-20-13-23(30)5-6-24(20)27(26(21)33-14-22)35-11-8-32-25(17-35)28(37)36-9-1-2-19(16-36)15-34-10-7-31-18-34/h8-10,12,15-17,21-22,28,30H,4-7,11,13-14,18-20H2,1-3H3,(H,38,44);5-7,10,12-14,18-19,25,27,32H,1-4,8-9,11,15-17H2/t22-,28+,30+;19-,25+,27+/m00/s1. The fourth-order valence-corrected chi connectivity index (χ4v) is 14.4. The molecule has 428 valence electrons. The third-order valence-corrected chi connectivity index (χ3v) is 18.3. The van der Waals surface area contributed by atoms with Crippen molar-refractivity contribution in [2.75, 3.05) is 65.4 Å². The number of carbonyl (C=O) groups excluding carboxylic acids is 3. The first-order chi connectivity index (χ1) is 39.1. The summed E-state index contributed by atoms with van der Waals surface area (Å²) in [4.78, 5) is 70.8. The van der Waals surface area contributed by atoms with Crippen LogP contribution in [0.2, 0.25) is 10.0 Å². The molecule has 2 aliphatic carbocycles. The van der Waals surface area contributed by atoms with Gasteiger partial charge in [0.15, 0.2) is 0 Å². The fraction of sp³-hybridized carbons (Fsp3) is 0.492. The second kappa shape index (κ2) is 25.3. The number of rotatable bonds is 8. The van der Waals surface area contributed by atoms with Gasteiger partial charge >= 0.3 is 6.03 Å². The first-order valence-corrected chi connectivity index (χ1v) is 31.1. The molecule has 0 bridgehead atoms. The van der Waals surface area contributed by atoms with E-state index in [2.05, 4.69) is 113 Å². The van der Waals surface area contributed by atoms with Gasteiger partial charge in [-0.25, -0.2) is 14.8 Å². The van der Waals surface area contributed by atoms with Gasteiger partial charge in [-0.1, -0.05) is 35.3 Å². The van der Waals surface area contributed by atoms with Gasteiger partial charge in [-0.3, -0.25) is 29.4 Å². The number of nitrogens with one attached hydrogen (secondary N) is 2. The maximum atomic E-state index is 14.5. The number of likely N-dealkylation sites (tertiary alicyclic amines) is 2. The van der Waals surface area contributed by atoms with Gasteiger partial charge in [-0.05, 0) is 186 Å². The van der Waals surface area contributed by atoms with Crippen LogP contribution in [0, 0.1) is 11.8 Å². The number of hydrogen-bond donors (Lipinski definition) is 2. The smallest absolute Gasteiger partial charge is 0.318 e. The lowest BCUT2D eigenvalue weighted by Crippen LogP contribution is -2.65. The lowest BCUT2D eigenvalue weighted by Gasteiger charge is -2.46. The summed E-state index contributed by atoms with van der Waals surface area (Å²) >= 11 is 20.1. The monoisotopic (exact) mass is 1260 g/mol. The van der Waals surface area contributed by atoms with E-state index in [4.69, 9.17) is 33.2 Å². The number of imidazole rings is 2. The summed E-state index contributed by atoms with van der Waals surface area (Å²) in [7, 11) is 0. The van der Waals surface area contributed by atoms with Crippen molar-refractivity contribution in [1.82, 2.24) is 64.2 Å². The molecule has 4 saturated heterocycles. The Balaban J connectivity index is 0.000000173. The van der Waals surface area contributed by atoms with E-state index in [0.29, 0.717) is 51.1 Å². The molecule has 4 fully saturated rings. The number of hydrogen-bond acceptors (Lipinski definition) is 10. The Kier molecular flexibility index (Phi) is 18.0. The number of aromatic nitrogens is 6. The van der Waals surface area contributed by atoms with Gasteiger partial charge in [0.25, 0.3) is 0 Å². The number of urea groups is 1. The average Bonchev–Trinajstić information content (AvgIpc) is 4.20. The quantitative estimate of drug-likeness (QED) is 0.151. The minimum atomic E-state index is -0.615. The van der Waals surface area contributed by atoms with E-state index in [-0.39, 0.29) is 36.0 Å². The molecular formula is C61H73Br2Cl2N13O3. The number of amides is 4. The topological polar surface area (TPSA) is 153 Å². The van der Waals surface area contributed by atoms with Gasteiger partial charge in [0.1, 0.15) is 6.04 Å². The normalized spacial score (nSPS) is 23.4. The number of piperidine rings is 2. The summed E-state index contributed by atoms with van der Waals surface area (Å²) in [5.74, 6) is 1.03. The van der Waals surface area contributed by atoms with Crippen LogP contribution in [0.4, 0.5) is 4.79 Å². The Hall–Kier alpha value is -5.21. The van der Waals surface area contributed by atoms with E-state index in [1.54, 1.807) is 11.1 Å². The predicted octanol–water partition coefficient (Wildman–Crippen LogP) is 9.41. The van der Waals surface area contributed by atoms with Gasteiger partial charge < -0.3 is 34.5 Å². The largest absolute Gasteiger partial charge is 0.341 e. The number of halogens is 4. The highest BCUT2D eigenvalue weighted by Gasteiger charge is 2.44. The highest BCUT2D eigenvalue weighted by molar-refractivity contribution is 9.10. The SMILES string of the molecule is CC(C)(C)NC(=O)N1CCN([C@@H]2c3ccc(Cl)cc3CCc3cc(Br)cnc32)C[C@@H]1C(=O)N1CCC[C@@H](Cn2ccnc2)C1.O=C([C@H]1CN([C@@H]2c3ccc(Cl)cc3CCc3cc(Br)cnc32)CCN1)N1CCC[C@@H](Cn2ccnc2)C1. The zero-order chi connectivity index (χ0) is 56.4. The van der Waals surface area contributed by atoms with Gasteiger partial charge in [-0.15, -0.1) is 0 Å². The van der Waals surface area contributed by atoms with Crippen LogP contribution in [-0.4, -0.2) is 154 Å². The van der Waals surface area contributed by atoms with Gasteiger partial charge in [0, 0.05) is 140 Å². The van der Waals surface area contributed by atoms with E-state index < -0.39 is 11.6 Å². The molecule has 6 aromatic rings. The molecule has 2 aromatic carbocycles. The summed E-state index contributed by atoms with van der Waals surface area (Å²) in [6.07, 6.45) is 22.8. The molecule has 2 N–H and O–H groups in total. The molecule has 4 aromatic heterocycles. The molecule has 0 radical (unpaired) electrons. The van der Waals surface area contributed by atoms with Crippen molar-refractivity contribution in [3.8, 4) is 0 Å². The Morgan fingerprint density at radius 1 is 0.642 bits per heavy atom. The first-order valence-electron chi connectivity index (χ1n) is 28.8. The lowest BCUT2D eigenvalue weighted by atomic mass is 9.94. The van der Waals surface area contributed by atoms with Crippen LogP contribution in [0.15, 0.2) is 107 Å². The summed E-state index contributed by atoms with van der Waals surface area (Å²) in [5, 5.41) is 8.13. The number of pyridine rings is 2. The molecule has 81 heavy (non-hydrogen) atoms. The molecule has 0 saturated carbocycles. The number of fused-ring (bicyclic) bond motifs is 4. The molecule has 16 nitrogen and oxygen atoms in total. The lowest BCUT2D eigenvalue weighted by molar-refractivity contribution is -0.140. The summed E-state index contributed by atoms with van der Waals surface area (Å²) in [6.45, 7) is 14.4. The average molecular weight is 1270 g/mol. The third kappa shape index (κ3) is 13.6. The van der Waals surface area contributed by atoms with Crippen molar-refractivity contribution in [3.05, 3.63) is 162 Å². The highest BCUT2D eigenvalue weighted by Crippen LogP contribution is 2.41. The first kappa shape index (κ1) is 57.6. The maximum Gasteiger partial charge on any atom is 0.318 e. The number of nitrogens with zero attached hydrogens (tertiary/aromatic N) is 11. The van der Waals surface area contributed by atoms with E-state index in [9.17, 15) is 14.4 Å². The number of benzene rings is 2. The summed E-state index contributed by atoms with van der Waals surface area (Å²) in [6, 6.07) is 15.5. The van der Waals surface area contributed by atoms with Crippen LogP contribution in [0.1, 0.15) is 103 Å². The Morgan fingerprint density at radius 2 is 1.16 bits per heavy atom. The van der Waals surface area contributed by atoms with E-state index in [1.165, 1.54) is 33.4 Å². The van der Waals surface area contributed by atoms with E-state index in [1.807, 2.05) is 81.4 Å². The number of piperazine rings is 2. The minimum absolute atomic E-state index is 0.00520. The van der Waals surface area contributed by atoms with Crippen molar-refractivity contribution in [3.63, 3.8) is 0 Å². The molecule has 12 rings (SSSR count). The van der Waals surface area contributed by atoms with Crippen molar-refractivity contribution in [2.45, 2.75) is 115 Å². The van der Waals surface area contributed by atoms with Crippen LogP contribution >= 0.6 is 55.1 Å². The van der Waals surface area contributed by atoms with Gasteiger partial charge in [0.05, 0.1) is 42.2 Å². The summed E-state index contributed by atoms with van der Waals surface area (Å²) < 4.78 is 6.16. The van der Waals surface area contributed by atoms with Crippen LogP contribution in [-0.2, 0) is 48.4 Å². The zero-order valence-corrected chi connectivity index (χ0v) is 51.2. The third-order valence-electron chi connectivity index (χ3n) is 17.0. The van der Waals surface area contributed by atoms with Crippen molar-refractivity contribution in [2.24, 2.45) is 11.8 Å². The molecule has 6 atom stereocenters. The Labute approximate surface area is 502 Å². The minimum Gasteiger partial charge on any atom is -0.341 e. The number of carbonyl (C=O) groups is 3. The van der Waals surface area contributed by atoms with Crippen LogP contribution in [0.25, 0.3) is 0 Å². The predicted molar refractivity (Wildman–Crippen MR) is 322 cm³/mol. The molecule has 4 aliphatic heterocycles. The number of aryl methyl sites for hydroxylation is 4. The van der Waals surface area contributed by atoms with Crippen molar-refractivity contribution in [1.29, 1.82) is 0 Å². The van der Waals surface area contributed by atoms with Crippen LogP contribution in [0.5, 0.6) is 0 Å². The maximum absolute atomic E-state index is 14.5. The van der Waals surface area contributed by atoms with E-state index in [0.717, 1.165) is 121 Å². The van der Waals surface area contributed by atoms with Gasteiger partial charge in [-0.2, -0.15) is 0 Å². The van der Waals surface area contributed by atoms with Gasteiger partial charge in [0.2, 0.25) is 11.8 Å². The molecular weight excluding hydrogens is 1190 g/mol. The molecule has 4 amide bonds. The Bertz CT molecular complexity index is 3090. The molecule has 20 heteroatoms. The zero-order valence-electron chi connectivity index (χ0n) is 46.5. The van der Waals surface area contributed by atoms with Crippen molar-refractivity contribution < 1.29 is 14.4 Å². The molecule has 0 unspecified atom stereocenters. The molecule has 6 aliphatic rings.